The fourth-order valence-electron chi connectivity index (χ4n) is 4.09. The molecule has 0 heterocycles. The fraction of sp³-hybridized carbons (Fsp3) is 0.586. The van der Waals surface area contributed by atoms with E-state index in [0.717, 1.165) is 63.5 Å². The van der Waals surface area contributed by atoms with Crippen LogP contribution in [0, 0.1) is 10.1 Å². The highest BCUT2D eigenvalue weighted by atomic mass is 16.6. The number of rotatable bonds is 18. The van der Waals surface area contributed by atoms with Crippen molar-refractivity contribution in [2.75, 3.05) is 25.6 Å². The highest BCUT2D eigenvalue weighted by Gasteiger charge is 2.20. The van der Waals surface area contributed by atoms with E-state index in [-0.39, 0.29) is 29.0 Å². The summed E-state index contributed by atoms with van der Waals surface area (Å²) in [5, 5.41) is 40.6. The number of phenolic OH excluding ortho intramolecular Hbond substituents is 2. The summed E-state index contributed by atoms with van der Waals surface area (Å²) in [6.07, 6.45) is 10.6. The highest BCUT2D eigenvalue weighted by molar-refractivity contribution is 5.69. The smallest absolute Gasteiger partial charge is 0.314 e. The van der Waals surface area contributed by atoms with Crippen LogP contribution < -0.4 is 14.4 Å². The first kappa shape index (κ1) is 31.7. The average molecular weight is 545 g/mol. The lowest BCUT2D eigenvalue weighted by Crippen LogP contribution is -2.16. The third-order valence-electron chi connectivity index (χ3n) is 6.35. The van der Waals surface area contributed by atoms with Crippen molar-refractivity contribution < 1.29 is 24.6 Å². The van der Waals surface area contributed by atoms with Crippen LogP contribution in [0.25, 0.3) is 0 Å². The van der Waals surface area contributed by atoms with Gasteiger partial charge in [-0.05, 0) is 26.2 Å². The number of nitro benzene ring substituents is 1. The molecule has 0 radical (unpaired) electrons. The van der Waals surface area contributed by atoms with Crippen molar-refractivity contribution in [2.24, 2.45) is 10.2 Å². The number of benzene rings is 2. The van der Waals surface area contributed by atoms with Gasteiger partial charge in [0.25, 0.3) is 0 Å². The van der Waals surface area contributed by atoms with Crippen LogP contribution in [0.5, 0.6) is 23.0 Å². The van der Waals surface area contributed by atoms with Crippen LogP contribution in [0.2, 0.25) is 0 Å². The standard InChI is InChI=1S/C29H44N4O6/c1-6-8-10-12-14-16-38-28-20-24(33(36)37)27(35)17-23(28)31-30-22-18-29(25(32(4)5)19-26(22)34)39-21(3)15-13-11-9-7-2/h17-21,34-35H,6-16H2,1-5H3/t21-/m0/s1. The van der Waals surface area contributed by atoms with E-state index >= 15 is 0 Å². The molecule has 0 unspecified atom stereocenters. The van der Waals surface area contributed by atoms with Crippen LogP contribution in [0.15, 0.2) is 34.5 Å². The molecule has 0 aliphatic heterocycles. The van der Waals surface area contributed by atoms with E-state index in [1.807, 2.05) is 25.9 Å². The van der Waals surface area contributed by atoms with Gasteiger partial charge in [0.1, 0.15) is 22.9 Å². The topological polar surface area (TPSA) is 130 Å². The monoisotopic (exact) mass is 544 g/mol. The largest absolute Gasteiger partial charge is 0.506 e. The molecule has 0 saturated heterocycles. The molecule has 0 bridgehead atoms. The van der Waals surface area contributed by atoms with Crippen LogP contribution in [0.1, 0.15) is 85.0 Å². The van der Waals surface area contributed by atoms with E-state index in [4.69, 9.17) is 9.47 Å². The molecule has 39 heavy (non-hydrogen) atoms. The molecular formula is C29H44N4O6. The number of aromatic hydroxyl groups is 2. The molecule has 1 atom stereocenters. The number of ether oxygens (including phenoxy) is 2. The van der Waals surface area contributed by atoms with E-state index in [0.29, 0.717) is 18.0 Å². The molecule has 0 saturated carbocycles. The van der Waals surface area contributed by atoms with Gasteiger partial charge in [-0.2, -0.15) is 0 Å². The van der Waals surface area contributed by atoms with Crippen molar-refractivity contribution in [1.29, 1.82) is 0 Å². The molecule has 216 valence electrons. The van der Waals surface area contributed by atoms with Gasteiger partial charge >= 0.3 is 5.69 Å². The lowest BCUT2D eigenvalue weighted by Gasteiger charge is -2.22. The van der Waals surface area contributed by atoms with Crippen molar-refractivity contribution in [3.63, 3.8) is 0 Å². The van der Waals surface area contributed by atoms with Crippen LogP contribution in [0.3, 0.4) is 0 Å². The minimum Gasteiger partial charge on any atom is -0.506 e. The number of nitrogens with zero attached hydrogens (tertiary/aromatic N) is 4. The Bertz CT molecular complexity index is 1090. The lowest BCUT2D eigenvalue weighted by atomic mass is 10.1. The Labute approximate surface area is 231 Å². The summed E-state index contributed by atoms with van der Waals surface area (Å²) in [5.41, 5.74) is 0.510. The van der Waals surface area contributed by atoms with E-state index in [9.17, 15) is 20.3 Å². The van der Waals surface area contributed by atoms with E-state index in [2.05, 4.69) is 24.1 Å². The SMILES string of the molecule is CCCCCCCOc1cc([N+](=O)[O-])c(O)cc1N=Nc1cc(O[C@@H](C)CCCCCC)c(N(C)C)cc1O. The van der Waals surface area contributed by atoms with Crippen molar-refractivity contribution in [1.82, 2.24) is 0 Å². The highest BCUT2D eigenvalue weighted by Crippen LogP contribution is 2.43. The molecule has 0 aromatic heterocycles. The van der Waals surface area contributed by atoms with Gasteiger partial charge in [-0.3, -0.25) is 10.1 Å². The molecule has 0 amide bonds. The first-order chi connectivity index (χ1) is 18.7. The summed E-state index contributed by atoms with van der Waals surface area (Å²) in [7, 11) is 3.72. The summed E-state index contributed by atoms with van der Waals surface area (Å²) in [5.74, 6) is 0.0532. The summed E-state index contributed by atoms with van der Waals surface area (Å²) < 4.78 is 12.0. The second-order valence-corrected chi connectivity index (χ2v) is 10.0. The molecule has 10 nitrogen and oxygen atoms in total. The maximum Gasteiger partial charge on any atom is 0.314 e. The zero-order chi connectivity index (χ0) is 28.8. The number of nitro groups is 1. The quantitative estimate of drug-likeness (QED) is 0.0831. The zero-order valence-electron chi connectivity index (χ0n) is 24.0. The Hall–Kier alpha value is -3.56. The molecular weight excluding hydrogens is 500 g/mol. The van der Waals surface area contributed by atoms with Crippen LogP contribution >= 0.6 is 0 Å². The van der Waals surface area contributed by atoms with Crippen molar-refractivity contribution in [3.8, 4) is 23.0 Å². The Kier molecular flexibility index (Phi) is 13.3. The summed E-state index contributed by atoms with van der Waals surface area (Å²) in [6.45, 7) is 6.69. The maximum absolute atomic E-state index is 11.4. The van der Waals surface area contributed by atoms with Crippen LogP contribution in [-0.4, -0.2) is 41.9 Å². The molecule has 2 aromatic carbocycles. The Morgan fingerprint density at radius 3 is 2.15 bits per heavy atom. The van der Waals surface area contributed by atoms with Gasteiger partial charge in [0.2, 0.25) is 0 Å². The Morgan fingerprint density at radius 1 is 0.872 bits per heavy atom. The molecule has 0 aliphatic rings. The second kappa shape index (κ2) is 16.4. The summed E-state index contributed by atoms with van der Waals surface area (Å²) in [6, 6.07) is 5.49. The number of phenols is 2. The van der Waals surface area contributed by atoms with Crippen LogP contribution in [-0.2, 0) is 0 Å². The van der Waals surface area contributed by atoms with Gasteiger partial charge < -0.3 is 24.6 Å². The number of azo groups is 1. The van der Waals surface area contributed by atoms with E-state index in [1.54, 1.807) is 12.1 Å². The van der Waals surface area contributed by atoms with Gasteiger partial charge in [0.15, 0.2) is 11.5 Å². The number of unbranched alkanes of at least 4 members (excludes halogenated alkanes) is 7. The van der Waals surface area contributed by atoms with Gasteiger partial charge in [-0.15, -0.1) is 10.2 Å². The lowest BCUT2D eigenvalue weighted by molar-refractivity contribution is -0.385. The van der Waals surface area contributed by atoms with Gasteiger partial charge in [0.05, 0.1) is 29.4 Å². The van der Waals surface area contributed by atoms with E-state index < -0.39 is 16.4 Å². The Morgan fingerprint density at radius 2 is 1.51 bits per heavy atom. The van der Waals surface area contributed by atoms with Gasteiger partial charge in [-0.25, -0.2) is 0 Å². The molecule has 2 N–H and O–H groups in total. The predicted molar refractivity (Wildman–Crippen MR) is 154 cm³/mol. The third kappa shape index (κ3) is 10.3. The second-order valence-electron chi connectivity index (χ2n) is 10.0. The molecule has 0 fully saturated rings. The van der Waals surface area contributed by atoms with Crippen molar-refractivity contribution in [2.45, 2.75) is 91.1 Å². The maximum atomic E-state index is 11.4. The first-order valence-electron chi connectivity index (χ1n) is 13.9. The van der Waals surface area contributed by atoms with E-state index in [1.165, 1.54) is 12.8 Å². The summed E-state index contributed by atoms with van der Waals surface area (Å²) in [4.78, 5) is 12.5. The van der Waals surface area contributed by atoms with Crippen molar-refractivity contribution >= 4 is 22.7 Å². The minimum atomic E-state index is -0.677. The third-order valence-corrected chi connectivity index (χ3v) is 6.35. The predicted octanol–water partition coefficient (Wildman–Crippen LogP) is 8.57. The summed E-state index contributed by atoms with van der Waals surface area (Å²) >= 11 is 0. The number of hydrogen-bond acceptors (Lipinski definition) is 9. The Balaban J connectivity index is 2.30. The molecule has 0 spiro atoms. The van der Waals surface area contributed by atoms with Gasteiger partial charge in [0, 0.05) is 32.3 Å². The van der Waals surface area contributed by atoms with Crippen molar-refractivity contribution in [3.05, 3.63) is 34.4 Å². The minimum absolute atomic E-state index is 0.0289. The molecule has 10 heteroatoms. The molecule has 2 rings (SSSR count). The van der Waals surface area contributed by atoms with Crippen LogP contribution in [0.4, 0.5) is 22.7 Å². The van der Waals surface area contributed by atoms with Gasteiger partial charge in [-0.1, -0.05) is 58.8 Å². The molecule has 0 aliphatic carbocycles. The number of hydrogen-bond donors (Lipinski definition) is 2. The normalized spacial score (nSPS) is 12.0. The zero-order valence-corrected chi connectivity index (χ0v) is 24.0. The first-order valence-corrected chi connectivity index (χ1v) is 13.9. The number of anilines is 1. The molecule has 2 aromatic rings. The average Bonchev–Trinajstić information content (AvgIpc) is 2.89. The fourth-order valence-corrected chi connectivity index (χ4v) is 4.09.